The van der Waals surface area contributed by atoms with Crippen molar-refractivity contribution in [1.29, 1.82) is 0 Å². The van der Waals surface area contributed by atoms with Crippen molar-refractivity contribution in [2.24, 2.45) is 0 Å². The summed E-state index contributed by atoms with van der Waals surface area (Å²) in [6.45, 7) is 0.517. The Labute approximate surface area is 166 Å². The van der Waals surface area contributed by atoms with Gasteiger partial charge in [-0.2, -0.15) is 0 Å². The van der Waals surface area contributed by atoms with Gasteiger partial charge in [-0.3, -0.25) is 9.78 Å². The van der Waals surface area contributed by atoms with Crippen LogP contribution in [0.3, 0.4) is 0 Å². The molecule has 1 aliphatic heterocycles. The molecular formula is C23H18N2O4. The molecule has 1 atom stereocenters. The fraction of sp³-hybridized carbons (Fsp3) is 0.174. The van der Waals surface area contributed by atoms with E-state index in [2.05, 4.69) is 10.3 Å². The number of nitrogens with one attached hydrogen (secondary N) is 1. The van der Waals surface area contributed by atoms with Crippen molar-refractivity contribution >= 4 is 33.5 Å². The highest BCUT2D eigenvalue weighted by atomic mass is 16.5. The van der Waals surface area contributed by atoms with Crippen LogP contribution in [0, 0.1) is 0 Å². The predicted molar refractivity (Wildman–Crippen MR) is 110 cm³/mol. The summed E-state index contributed by atoms with van der Waals surface area (Å²) in [4.78, 5) is 28.7. The van der Waals surface area contributed by atoms with E-state index in [0.29, 0.717) is 30.0 Å². The molecule has 6 nitrogen and oxygen atoms in total. The van der Waals surface area contributed by atoms with Crippen LogP contribution in [0.2, 0.25) is 0 Å². The molecule has 0 aliphatic carbocycles. The highest BCUT2D eigenvalue weighted by molar-refractivity contribution is 6.00. The summed E-state index contributed by atoms with van der Waals surface area (Å²) in [5.41, 5.74) is 2.54. The molecule has 6 heteroatoms. The predicted octanol–water partition coefficient (Wildman–Crippen LogP) is 4.24. The normalized spacial score (nSPS) is 15.7. The number of carbonyl (C=O) groups is 1. The standard InChI is InChI=1S/C23H18N2O4/c26-21(25-18-5-1-3-14-4-2-9-24-23(14)18)12-15-8-10-28-20-13-19-16(11-17(15)20)6-7-22(27)29-19/h1-7,9,11,13,15H,8,10,12H2,(H,25,26). The zero-order valence-corrected chi connectivity index (χ0v) is 15.6. The summed E-state index contributed by atoms with van der Waals surface area (Å²) >= 11 is 0. The van der Waals surface area contributed by atoms with Crippen LogP contribution in [-0.4, -0.2) is 17.5 Å². The first-order chi connectivity index (χ1) is 14.2. The van der Waals surface area contributed by atoms with Gasteiger partial charge in [0, 0.05) is 35.5 Å². The van der Waals surface area contributed by atoms with Crippen molar-refractivity contribution in [3.8, 4) is 5.75 Å². The fourth-order valence-electron chi connectivity index (χ4n) is 3.87. The van der Waals surface area contributed by atoms with Crippen molar-refractivity contribution in [3.05, 3.63) is 76.8 Å². The maximum absolute atomic E-state index is 12.8. The lowest BCUT2D eigenvalue weighted by molar-refractivity contribution is -0.116. The quantitative estimate of drug-likeness (QED) is 0.533. The van der Waals surface area contributed by atoms with Crippen molar-refractivity contribution in [2.45, 2.75) is 18.8 Å². The van der Waals surface area contributed by atoms with E-state index < -0.39 is 5.63 Å². The molecule has 5 rings (SSSR count). The van der Waals surface area contributed by atoms with Crippen molar-refractivity contribution in [2.75, 3.05) is 11.9 Å². The number of carbonyl (C=O) groups excluding carboxylic acids is 1. The highest BCUT2D eigenvalue weighted by Gasteiger charge is 2.25. The summed E-state index contributed by atoms with van der Waals surface area (Å²) in [6.07, 6.45) is 2.80. The van der Waals surface area contributed by atoms with Crippen LogP contribution >= 0.6 is 0 Å². The third kappa shape index (κ3) is 3.33. The van der Waals surface area contributed by atoms with E-state index in [4.69, 9.17) is 9.15 Å². The van der Waals surface area contributed by atoms with E-state index in [-0.39, 0.29) is 11.8 Å². The molecule has 1 unspecified atom stereocenters. The summed E-state index contributed by atoms with van der Waals surface area (Å²) in [6, 6.07) is 16.4. The molecule has 2 aromatic carbocycles. The monoisotopic (exact) mass is 386 g/mol. The minimum Gasteiger partial charge on any atom is -0.493 e. The van der Waals surface area contributed by atoms with Crippen LogP contribution in [0.25, 0.3) is 21.9 Å². The van der Waals surface area contributed by atoms with Gasteiger partial charge in [-0.05, 0) is 42.2 Å². The Morgan fingerprint density at radius 1 is 1.10 bits per heavy atom. The molecular weight excluding hydrogens is 368 g/mol. The maximum atomic E-state index is 12.8. The van der Waals surface area contributed by atoms with Crippen molar-refractivity contribution in [3.63, 3.8) is 0 Å². The molecule has 0 saturated heterocycles. The second kappa shape index (κ2) is 7.05. The highest BCUT2D eigenvalue weighted by Crippen LogP contribution is 2.38. The number of ether oxygens (including phenoxy) is 1. The summed E-state index contributed by atoms with van der Waals surface area (Å²) < 4.78 is 11.0. The van der Waals surface area contributed by atoms with E-state index in [9.17, 15) is 9.59 Å². The molecule has 0 bridgehead atoms. The molecule has 0 fully saturated rings. The molecule has 29 heavy (non-hydrogen) atoms. The minimum atomic E-state index is -0.395. The SMILES string of the molecule is O=C(CC1CCOc2cc3oc(=O)ccc3cc21)Nc1cccc2cccnc12. The number of benzene rings is 2. The number of hydrogen-bond donors (Lipinski definition) is 1. The summed E-state index contributed by atoms with van der Waals surface area (Å²) in [7, 11) is 0. The molecule has 4 aromatic rings. The van der Waals surface area contributed by atoms with Gasteiger partial charge in [-0.15, -0.1) is 0 Å². The largest absolute Gasteiger partial charge is 0.493 e. The molecule has 0 radical (unpaired) electrons. The Bertz CT molecular complexity index is 1290. The number of nitrogens with zero attached hydrogens (tertiary/aromatic N) is 1. The second-order valence-electron chi connectivity index (χ2n) is 7.15. The fourth-order valence-corrected chi connectivity index (χ4v) is 3.87. The lowest BCUT2D eigenvalue weighted by atomic mass is 9.89. The first-order valence-electron chi connectivity index (χ1n) is 9.51. The smallest absolute Gasteiger partial charge is 0.336 e. The van der Waals surface area contributed by atoms with Gasteiger partial charge < -0.3 is 14.5 Å². The number of aromatic nitrogens is 1. The number of hydrogen-bond acceptors (Lipinski definition) is 5. The second-order valence-corrected chi connectivity index (χ2v) is 7.15. The van der Waals surface area contributed by atoms with E-state index in [1.807, 2.05) is 36.4 Å². The topological polar surface area (TPSA) is 81.4 Å². The molecule has 3 heterocycles. The van der Waals surface area contributed by atoms with Crippen LogP contribution < -0.4 is 15.7 Å². The zero-order chi connectivity index (χ0) is 19.8. The van der Waals surface area contributed by atoms with E-state index in [1.165, 1.54) is 6.07 Å². The van der Waals surface area contributed by atoms with E-state index in [0.717, 1.165) is 28.3 Å². The average molecular weight is 386 g/mol. The number of pyridine rings is 1. The van der Waals surface area contributed by atoms with Gasteiger partial charge in [0.25, 0.3) is 0 Å². The first kappa shape index (κ1) is 17.4. The van der Waals surface area contributed by atoms with E-state index in [1.54, 1.807) is 18.3 Å². The Kier molecular flexibility index (Phi) is 4.24. The molecule has 0 saturated carbocycles. The summed E-state index contributed by atoms with van der Waals surface area (Å²) in [5.74, 6) is 0.626. The van der Waals surface area contributed by atoms with Crippen molar-refractivity contribution < 1.29 is 13.9 Å². The maximum Gasteiger partial charge on any atom is 0.336 e. The van der Waals surface area contributed by atoms with Gasteiger partial charge in [0.15, 0.2) is 0 Å². The van der Waals surface area contributed by atoms with Gasteiger partial charge in [-0.25, -0.2) is 4.79 Å². The van der Waals surface area contributed by atoms with Crippen LogP contribution in [0.4, 0.5) is 5.69 Å². The third-order valence-electron chi connectivity index (χ3n) is 5.25. The van der Waals surface area contributed by atoms with Crippen LogP contribution in [0.1, 0.15) is 24.3 Å². The van der Waals surface area contributed by atoms with Crippen LogP contribution in [0.5, 0.6) is 5.75 Å². The Balaban J connectivity index is 1.42. The molecule has 1 N–H and O–H groups in total. The lowest BCUT2D eigenvalue weighted by Gasteiger charge is -2.26. The van der Waals surface area contributed by atoms with Crippen LogP contribution in [0.15, 0.2) is 70.0 Å². The minimum absolute atomic E-state index is 0.0259. The first-order valence-corrected chi connectivity index (χ1v) is 9.51. The average Bonchev–Trinajstić information content (AvgIpc) is 2.73. The number of rotatable bonds is 3. The Hall–Kier alpha value is -3.67. The number of para-hydroxylation sites is 1. The Morgan fingerprint density at radius 2 is 2.00 bits per heavy atom. The molecule has 144 valence electrons. The van der Waals surface area contributed by atoms with Crippen LogP contribution in [-0.2, 0) is 4.79 Å². The molecule has 2 aromatic heterocycles. The lowest BCUT2D eigenvalue weighted by Crippen LogP contribution is -2.21. The van der Waals surface area contributed by atoms with Gasteiger partial charge in [0.2, 0.25) is 5.91 Å². The van der Waals surface area contributed by atoms with Gasteiger partial charge >= 0.3 is 5.63 Å². The molecule has 1 aliphatic rings. The van der Waals surface area contributed by atoms with E-state index >= 15 is 0 Å². The van der Waals surface area contributed by atoms with Gasteiger partial charge in [-0.1, -0.05) is 18.2 Å². The molecule has 0 spiro atoms. The number of anilines is 1. The van der Waals surface area contributed by atoms with Gasteiger partial charge in [0.1, 0.15) is 11.3 Å². The number of fused-ring (bicyclic) bond motifs is 3. The van der Waals surface area contributed by atoms with Gasteiger partial charge in [0.05, 0.1) is 17.8 Å². The van der Waals surface area contributed by atoms with Crippen molar-refractivity contribution in [1.82, 2.24) is 4.98 Å². The molecule has 1 amide bonds. The Morgan fingerprint density at radius 3 is 2.93 bits per heavy atom. The number of amides is 1. The third-order valence-corrected chi connectivity index (χ3v) is 5.25. The summed E-state index contributed by atoms with van der Waals surface area (Å²) in [5, 5.41) is 4.80. The zero-order valence-electron chi connectivity index (χ0n) is 15.6.